The second-order valence-electron chi connectivity index (χ2n) is 10.2. The van der Waals surface area contributed by atoms with Gasteiger partial charge in [-0.3, -0.25) is 14.7 Å². The first kappa shape index (κ1) is 28.3. The molecule has 1 aliphatic rings. The zero-order valence-electron chi connectivity index (χ0n) is 22.0. The Morgan fingerprint density at radius 3 is 2.62 bits per heavy atom. The average Bonchev–Trinajstić information content (AvgIpc) is 3.33. The molecule has 206 valence electrons. The SMILES string of the molecule is COc1cccc(F)c1-c1nccc(C(=O)Nc2ccc(Br)cc2N2CCC(N(C(=O)O)C(C)(C)C)C2)c1F. The highest BCUT2D eigenvalue weighted by atomic mass is 79.9. The van der Waals surface area contributed by atoms with Crippen LogP contribution in [-0.4, -0.2) is 58.8 Å². The van der Waals surface area contributed by atoms with Crippen molar-refractivity contribution in [3.63, 3.8) is 0 Å². The minimum Gasteiger partial charge on any atom is -0.496 e. The molecular weight excluding hydrogens is 574 g/mol. The Morgan fingerprint density at radius 1 is 1.21 bits per heavy atom. The number of rotatable bonds is 6. The molecule has 1 saturated heterocycles. The summed E-state index contributed by atoms with van der Waals surface area (Å²) in [5, 5.41) is 12.6. The fourth-order valence-corrected chi connectivity index (χ4v) is 5.27. The van der Waals surface area contributed by atoms with Crippen molar-refractivity contribution in [1.82, 2.24) is 9.88 Å². The number of nitrogens with zero attached hydrogens (tertiary/aromatic N) is 3. The number of nitrogens with one attached hydrogen (secondary N) is 1. The third kappa shape index (κ3) is 5.83. The molecule has 0 saturated carbocycles. The van der Waals surface area contributed by atoms with Gasteiger partial charge in [-0.15, -0.1) is 0 Å². The van der Waals surface area contributed by atoms with E-state index in [2.05, 4.69) is 26.2 Å². The number of methoxy groups -OCH3 is 1. The first-order valence-electron chi connectivity index (χ1n) is 12.3. The minimum absolute atomic E-state index is 0.0865. The van der Waals surface area contributed by atoms with E-state index in [4.69, 9.17) is 4.74 Å². The van der Waals surface area contributed by atoms with Crippen molar-refractivity contribution in [2.45, 2.75) is 38.8 Å². The second-order valence-corrected chi connectivity index (χ2v) is 11.1. The quantitative estimate of drug-likeness (QED) is 0.339. The summed E-state index contributed by atoms with van der Waals surface area (Å²) in [7, 11) is 1.34. The van der Waals surface area contributed by atoms with Crippen LogP contribution in [-0.2, 0) is 0 Å². The van der Waals surface area contributed by atoms with Gasteiger partial charge in [-0.1, -0.05) is 22.0 Å². The van der Waals surface area contributed by atoms with E-state index in [1.54, 1.807) is 12.1 Å². The van der Waals surface area contributed by atoms with E-state index < -0.39 is 29.2 Å². The van der Waals surface area contributed by atoms with Gasteiger partial charge in [0.1, 0.15) is 17.3 Å². The van der Waals surface area contributed by atoms with Gasteiger partial charge in [0.05, 0.1) is 35.7 Å². The van der Waals surface area contributed by atoms with Crippen LogP contribution in [0.25, 0.3) is 11.3 Å². The van der Waals surface area contributed by atoms with Gasteiger partial charge in [-0.2, -0.15) is 0 Å². The number of carbonyl (C=O) groups excluding carboxylic acids is 1. The molecule has 1 atom stereocenters. The number of amides is 2. The molecule has 3 aromatic rings. The summed E-state index contributed by atoms with van der Waals surface area (Å²) >= 11 is 3.46. The van der Waals surface area contributed by atoms with E-state index in [0.29, 0.717) is 30.9 Å². The topological polar surface area (TPSA) is 95.0 Å². The van der Waals surface area contributed by atoms with Gasteiger partial charge < -0.3 is 20.1 Å². The maximum absolute atomic E-state index is 15.6. The number of hydrogen-bond acceptors (Lipinski definition) is 5. The molecule has 2 heterocycles. The molecule has 11 heteroatoms. The van der Waals surface area contributed by atoms with Crippen molar-refractivity contribution in [2.75, 3.05) is 30.4 Å². The van der Waals surface area contributed by atoms with Crippen molar-refractivity contribution in [1.29, 1.82) is 0 Å². The minimum atomic E-state index is -0.993. The number of carboxylic acid groups (broad SMARTS) is 1. The second kappa shape index (κ2) is 11.2. The predicted octanol–water partition coefficient (Wildman–Crippen LogP) is 6.41. The van der Waals surface area contributed by atoms with E-state index in [1.807, 2.05) is 31.7 Å². The van der Waals surface area contributed by atoms with Gasteiger partial charge >= 0.3 is 6.09 Å². The Balaban J connectivity index is 1.64. The number of benzene rings is 2. The number of pyridine rings is 1. The van der Waals surface area contributed by atoms with Crippen LogP contribution in [0.4, 0.5) is 25.0 Å². The maximum atomic E-state index is 15.6. The molecule has 2 N–H and O–H groups in total. The molecular formula is C28H29BrF2N4O4. The Hall–Kier alpha value is -3.73. The molecule has 39 heavy (non-hydrogen) atoms. The molecule has 1 fully saturated rings. The van der Waals surface area contributed by atoms with E-state index in [0.717, 1.165) is 10.5 Å². The first-order chi connectivity index (χ1) is 18.4. The van der Waals surface area contributed by atoms with Crippen molar-refractivity contribution in [3.05, 3.63) is 70.3 Å². The highest BCUT2D eigenvalue weighted by Gasteiger charge is 2.38. The van der Waals surface area contributed by atoms with Gasteiger partial charge in [0.25, 0.3) is 5.91 Å². The van der Waals surface area contributed by atoms with Crippen LogP contribution in [0.2, 0.25) is 0 Å². The van der Waals surface area contributed by atoms with Crippen LogP contribution >= 0.6 is 15.9 Å². The molecule has 2 aromatic carbocycles. The standard InChI is InChI=1S/C28H29BrF2N4O4/c1-28(2,3)35(27(37)38)17-11-13-34(15-17)21-14-16(29)8-9-20(21)33-26(36)18-10-12-32-25(24(18)31)23-19(30)6-5-7-22(23)39-4/h5-10,12,14,17H,11,13,15H2,1-4H3,(H,33,36)(H,37,38). The number of aromatic nitrogens is 1. The van der Waals surface area contributed by atoms with Crippen molar-refractivity contribution in [2.24, 2.45) is 0 Å². The molecule has 0 radical (unpaired) electrons. The summed E-state index contributed by atoms with van der Waals surface area (Å²) in [5.41, 5.74) is -0.345. The van der Waals surface area contributed by atoms with Gasteiger partial charge in [0.15, 0.2) is 5.82 Å². The lowest BCUT2D eigenvalue weighted by molar-refractivity contribution is 0.0762. The van der Waals surface area contributed by atoms with Gasteiger partial charge in [0, 0.05) is 29.3 Å². The van der Waals surface area contributed by atoms with Crippen LogP contribution < -0.4 is 15.0 Å². The number of anilines is 2. The number of carbonyl (C=O) groups is 2. The molecule has 2 amide bonds. The lowest BCUT2D eigenvalue weighted by Crippen LogP contribution is -2.52. The van der Waals surface area contributed by atoms with Crippen LogP contribution in [0.3, 0.4) is 0 Å². The van der Waals surface area contributed by atoms with Crippen LogP contribution in [0, 0.1) is 11.6 Å². The Labute approximate surface area is 233 Å². The fourth-order valence-electron chi connectivity index (χ4n) is 4.92. The number of hydrogen-bond donors (Lipinski definition) is 2. The van der Waals surface area contributed by atoms with E-state index >= 15 is 4.39 Å². The zero-order chi connectivity index (χ0) is 28.5. The average molecular weight is 603 g/mol. The van der Waals surface area contributed by atoms with Gasteiger partial charge in [-0.05, 0) is 63.6 Å². The monoisotopic (exact) mass is 602 g/mol. The number of ether oxygens (including phenoxy) is 1. The van der Waals surface area contributed by atoms with E-state index in [1.165, 1.54) is 36.4 Å². The van der Waals surface area contributed by atoms with Crippen molar-refractivity contribution < 1.29 is 28.2 Å². The first-order valence-corrected chi connectivity index (χ1v) is 13.1. The summed E-state index contributed by atoms with van der Waals surface area (Å²) in [6.45, 7) is 6.53. The smallest absolute Gasteiger partial charge is 0.408 e. The molecule has 8 nitrogen and oxygen atoms in total. The predicted molar refractivity (Wildman–Crippen MR) is 148 cm³/mol. The fraction of sp³-hybridized carbons (Fsp3) is 0.321. The van der Waals surface area contributed by atoms with Crippen LogP contribution in [0.15, 0.2) is 53.1 Å². The summed E-state index contributed by atoms with van der Waals surface area (Å²) in [6, 6.07) is 10.3. The lowest BCUT2D eigenvalue weighted by atomic mass is 10.0. The molecule has 0 aliphatic carbocycles. The van der Waals surface area contributed by atoms with E-state index in [-0.39, 0.29) is 28.6 Å². The normalized spacial score (nSPS) is 15.3. The molecule has 4 rings (SSSR count). The molecule has 1 aromatic heterocycles. The third-order valence-corrected chi connectivity index (χ3v) is 7.07. The van der Waals surface area contributed by atoms with Crippen molar-refractivity contribution >= 4 is 39.3 Å². The Kier molecular flexibility index (Phi) is 8.10. The van der Waals surface area contributed by atoms with Gasteiger partial charge in [-0.25, -0.2) is 13.6 Å². The maximum Gasteiger partial charge on any atom is 0.408 e. The highest BCUT2D eigenvalue weighted by molar-refractivity contribution is 9.10. The summed E-state index contributed by atoms with van der Waals surface area (Å²) in [4.78, 5) is 32.7. The molecule has 0 spiro atoms. The molecule has 0 bridgehead atoms. The Morgan fingerprint density at radius 2 is 1.95 bits per heavy atom. The summed E-state index contributed by atoms with van der Waals surface area (Å²) < 4.78 is 36.1. The van der Waals surface area contributed by atoms with Crippen LogP contribution in [0.5, 0.6) is 5.75 Å². The molecule has 1 aliphatic heterocycles. The van der Waals surface area contributed by atoms with Crippen LogP contribution in [0.1, 0.15) is 37.6 Å². The highest BCUT2D eigenvalue weighted by Crippen LogP contribution is 2.36. The Bertz CT molecular complexity index is 1410. The zero-order valence-corrected chi connectivity index (χ0v) is 23.6. The molecule has 1 unspecified atom stereocenters. The van der Waals surface area contributed by atoms with Crippen molar-refractivity contribution in [3.8, 4) is 17.0 Å². The lowest BCUT2D eigenvalue weighted by Gasteiger charge is -2.38. The third-order valence-electron chi connectivity index (χ3n) is 6.57. The summed E-state index contributed by atoms with van der Waals surface area (Å²) in [6.07, 6.45) is 0.850. The number of halogens is 3. The summed E-state index contributed by atoms with van der Waals surface area (Å²) in [5.74, 6) is -2.38. The van der Waals surface area contributed by atoms with Gasteiger partial charge in [0.2, 0.25) is 0 Å². The largest absolute Gasteiger partial charge is 0.496 e. The van der Waals surface area contributed by atoms with E-state index in [9.17, 15) is 19.1 Å².